The average Bonchev–Trinajstić information content (AvgIpc) is 2.35. The lowest BCUT2D eigenvalue weighted by Gasteiger charge is -2.08. The Morgan fingerprint density at radius 2 is 2.06 bits per heavy atom. The van der Waals surface area contributed by atoms with Gasteiger partial charge in [0.1, 0.15) is 11.6 Å². The Balaban J connectivity index is 2.39. The van der Waals surface area contributed by atoms with Crippen LogP contribution >= 0.6 is 0 Å². The molecule has 2 N–H and O–H groups in total. The summed E-state index contributed by atoms with van der Waals surface area (Å²) in [7, 11) is 0. The Kier molecular flexibility index (Phi) is 6.11. The number of rotatable bonds is 7. The first-order valence-corrected chi connectivity index (χ1v) is 6.50. The lowest BCUT2D eigenvalue weighted by molar-refractivity contribution is -0.120. The van der Waals surface area contributed by atoms with Gasteiger partial charge in [-0.3, -0.25) is 4.79 Å². The van der Waals surface area contributed by atoms with Crippen LogP contribution in [0.4, 0.5) is 5.82 Å². The van der Waals surface area contributed by atoms with E-state index >= 15 is 0 Å². The van der Waals surface area contributed by atoms with Crippen LogP contribution in [0.2, 0.25) is 0 Å². The monoisotopic (exact) mass is 250 g/mol. The minimum atomic E-state index is 0.0749. The highest BCUT2D eigenvalue weighted by Crippen LogP contribution is 2.06. The Morgan fingerprint density at radius 3 is 2.72 bits per heavy atom. The van der Waals surface area contributed by atoms with Crippen LogP contribution in [0.25, 0.3) is 0 Å². The van der Waals surface area contributed by atoms with Crippen molar-refractivity contribution in [1.82, 2.24) is 15.3 Å². The molecule has 0 bridgehead atoms. The van der Waals surface area contributed by atoms with Crippen LogP contribution in [-0.4, -0.2) is 29.0 Å². The third kappa shape index (κ3) is 5.12. The molecule has 100 valence electrons. The molecule has 1 amide bonds. The Morgan fingerprint density at radius 1 is 1.28 bits per heavy atom. The van der Waals surface area contributed by atoms with Crippen molar-refractivity contribution >= 4 is 11.7 Å². The molecule has 5 heteroatoms. The van der Waals surface area contributed by atoms with Gasteiger partial charge in [-0.15, -0.1) is 0 Å². The number of nitrogens with zero attached hydrogens (tertiary/aromatic N) is 2. The molecule has 0 aliphatic rings. The fourth-order valence-electron chi connectivity index (χ4n) is 1.56. The molecule has 1 aromatic heterocycles. The second-order valence-electron chi connectivity index (χ2n) is 4.17. The predicted molar refractivity (Wildman–Crippen MR) is 72.6 cm³/mol. The number of amides is 1. The van der Waals surface area contributed by atoms with Crippen LogP contribution in [0.1, 0.15) is 38.2 Å². The summed E-state index contributed by atoms with van der Waals surface area (Å²) in [5.74, 6) is 1.63. The molecule has 0 unspecified atom stereocenters. The summed E-state index contributed by atoms with van der Waals surface area (Å²) >= 11 is 0. The highest BCUT2D eigenvalue weighted by atomic mass is 16.1. The van der Waals surface area contributed by atoms with Crippen LogP contribution in [0.5, 0.6) is 0 Å². The van der Waals surface area contributed by atoms with Crippen molar-refractivity contribution in [1.29, 1.82) is 0 Å². The molecule has 1 rings (SSSR count). The predicted octanol–water partition coefficient (Wildman–Crippen LogP) is 1.68. The van der Waals surface area contributed by atoms with Crippen molar-refractivity contribution in [3.05, 3.63) is 17.6 Å². The van der Waals surface area contributed by atoms with Crippen molar-refractivity contribution in [2.24, 2.45) is 0 Å². The highest BCUT2D eigenvalue weighted by molar-refractivity contribution is 5.76. The molecule has 0 saturated carbocycles. The number of carbonyl (C=O) groups is 1. The zero-order valence-corrected chi connectivity index (χ0v) is 11.4. The van der Waals surface area contributed by atoms with Gasteiger partial charge in [0.15, 0.2) is 0 Å². The van der Waals surface area contributed by atoms with Gasteiger partial charge in [0.05, 0.1) is 0 Å². The molecule has 0 fully saturated rings. The van der Waals surface area contributed by atoms with Crippen molar-refractivity contribution in [2.75, 3.05) is 18.4 Å². The van der Waals surface area contributed by atoms with Gasteiger partial charge in [0.25, 0.3) is 0 Å². The normalized spacial score (nSPS) is 10.2. The van der Waals surface area contributed by atoms with Crippen molar-refractivity contribution in [3.63, 3.8) is 0 Å². The molecule has 1 heterocycles. The van der Waals surface area contributed by atoms with Crippen LogP contribution in [0.15, 0.2) is 6.07 Å². The van der Waals surface area contributed by atoms with Gasteiger partial charge >= 0.3 is 0 Å². The van der Waals surface area contributed by atoms with E-state index in [9.17, 15) is 4.79 Å². The largest absolute Gasteiger partial charge is 0.369 e. The zero-order valence-electron chi connectivity index (χ0n) is 11.4. The summed E-state index contributed by atoms with van der Waals surface area (Å²) in [4.78, 5) is 20.0. The van der Waals surface area contributed by atoms with Crippen molar-refractivity contribution < 1.29 is 4.79 Å². The maximum atomic E-state index is 11.4. The first-order valence-electron chi connectivity index (χ1n) is 6.50. The topological polar surface area (TPSA) is 66.9 Å². The molecule has 0 radical (unpaired) electrons. The third-order valence-corrected chi connectivity index (χ3v) is 2.48. The minimum Gasteiger partial charge on any atom is -0.369 e. The molecule has 0 atom stereocenters. The Bertz CT molecular complexity index is 393. The van der Waals surface area contributed by atoms with E-state index < -0.39 is 0 Å². The van der Waals surface area contributed by atoms with Gasteiger partial charge in [-0.2, -0.15) is 0 Å². The number of carbonyl (C=O) groups excluding carboxylic acids is 1. The van der Waals surface area contributed by atoms with Crippen molar-refractivity contribution in [3.8, 4) is 0 Å². The maximum absolute atomic E-state index is 11.4. The van der Waals surface area contributed by atoms with E-state index in [0.717, 1.165) is 36.7 Å². The van der Waals surface area contributed by atoms with Crippen molar-refractivity contribution in [2.45, 2.75) is 40.0 Å². The van der Waals surface area contributed by atoms with E-state index in [2.05, 4.69) is 27.5 Å². The molecule has 1 aromatic rings. The summed E-state index contributed by atoms with van der Waals surface area (Å²) in [6, 6.07) is 1.93. The fourth-order valence-corrected chi connectivity index (χ4v) is 1.56. The molecule has 0 aromatic carbocycles. The van der Waals surface area contributed by atoms with Crippen LogP contribution in [0, 0.1) is 6.92 Å². The fraction of sp³-hybridized carbons (Fsp3) is 0.615. The lowest BCUT2D eigenvalue weighted by atomic mass is 10.3. The smallest absolute Gasteiger partial charge is 0.221 e. The quantitative estimate of drug-likeness (QED) is 0.772. The molecule has 18 heavy (non-hydrogen) atoms. The third-order valence-electron chi connectivity index (χ3n) is 2.48. The summed E-state index contributed by atoms with van der Waals surface area (Å²) in [5, 5.41) is 6.00. The molecule has 0 saturated heterocycles. The molecule has 0 spiro atoms. The molecule has 0 aliphatic heterocycles. The molecular formula is C13H22N4O. The summed E-state index contributed by atoms with van der Waals surface area (Å²) in [6.07, 6.45) is 2.31. The van der Waals surface area contributed by atoms with Gasteiger partial charge in [-0.25, -0.2) is 9.97 Å². The summed E-state index contributed by atoms with van der Waals surface area (Å²) in [5.41, 5.74) is 1.01. The maximum Gasteiger partial charge on any atom is 0.221 e. The van der Waals surface area contributed by atoms with Gasteiger partial charge in [-0.05, 0) is 19.8 Å². The molecule has 0 aliphatic carbocycles. The van der Waals surface area contributed by atoms with E-state index in [4.69, 9.17) is 0 Å². The average molecular weight is 250 g/mol. The van der Waals surface area contributed by atoms with E-state index in [1.54, 1.807) is 0 Å². The van der Waals surface area contributed by atoms with Crippen LogP contribution in [0.3, 0.4) is 0 Å². The summed E-state index contributed by atoms with van der Waals surface area (Å²) < 4.78 is 0. The van der Waals surface area contributed by atoms with Gasteiger partial charge in [-0.1, -0.05) is 13.8 Å². The number of hydrogen-bond acceptors (Lipinski definition) is 4. The zero-order chi connectivity index (χ0) is 13.4. The van der Waals surface area contributed by atoms with E-state index in [1.807, 2.05) is 19.9 Å². The second kappa shape index (κ2) is 7.63. The van der Waals surface area contributed by atoms with Crippen LogP contribution < -0.4 is 10.6 Å². The number of anilines is 1. The number of hydrogen-bond donors (Lipinski definition) is 2. The minimum absolute atomic E-state index is 0.0749. The first kappa shape index (κ1) is 14.4. The first-order chi connectivity index (χ1) is 8.65. The van der Waals surface area contributed by atoms with E-state index in [-0.39, 0.29) is 5.91 Å². The van der Waals surface area contributed by atoms with Gasteiger partial charge < -0.3 is 10.6 Å². The van der Waals surface area contributed by atoms with E-state index in [0.29, 0.717) is 13.0 Å². The Labute approximate surface area is 108 Å². The molecule has 5 nitrogen and oxygen atoms in total. The van der Waals surface area contributed by atoms with Gasteiger partial charge in [0.2, 0.25) is 5.91 Å². The number of aromatic nitrogens is 2. The number of nitrogens with one attached hydrogen (secondary N) is 2. The SMILES string of the molecule is CCCNC(=O)CCNc1cc(CC)nc(C)n1. The standard InChI is InChI=1S/C13H22N4O/c1-4-7-15-13(18)6-8-14-12-9-11(5-2)16-10(3)17-12/h9H,4-8H2,1-3H3,(H,15,18)(H,14,16,17). The highest BCUT2D eigenvalue weighted by Gasteiger charge is 2.02. The lowest BCUT2D eigenvalue weighted by Crippen LogP contribution is -2.26. The van der Waals surface area contributed by atoms with Gasteiger partial charge in [0, 0.05) is 31.3 Å². The summed E-state index contributed by atoms with van der Waals surface area (Å²) in [6.45, 7) is 7.30. The van der Waals surface area contributed by atoms with Crippen LogP contribution in [-0.2, 0) is 11.2 Å². The van der Waals surface area contributed by atoms with E-state index in [1.165, 1.54) is 0 Å². The number of aryl methyl sites for hydroxylation is 2. The Hall–Kier alpha value is -1.65. The second-order valence-corrected chi connectivity index (χ2v) is 4.17. The molecular weight excluding hydrogens is 228 g/mol.